The fourth-order valence-corrected chi connectivity index (χ4v) is 5.10. The topological polar surface area (TPSA) is 68.3 Å². The van der Waals surface area contributed by atoms with E-state index in [1.165, 1.54) is 26.2 Å². The number of halogens is 3. The van der Waals surface area contributed by atoms with Crippen molar-refractivity contribution >= 4 is 11.9 Å². The van der Waals surface area contributed by atoms with Crippen LogP contribution in [0.1, 0.15) is 33.0 Å². The largest absolute Gasteiger partial charge is 0.497 e. The molecule has 2 aromatic carbocycles. The van der Waals surface area contributed by atoms with Gasteiger partial charge in [-0.05, 0) is 42.9 Å². The second kappa shape index (κ2) is 8.50. The number of nitrogens with zero attached hydrogens (tertiary/aromatic N) is 2. The molecule has 0 aromatic heterocycles. The molecule has 0 unspecified atom stereocenters. The fraction of sp³-hybridized carbons (Fsp3) is 0.417. The Morgan fingerprint density at radius 3 is 2.29 bits per heavy atom. The molecule has 0 spiro atoms. The molecule has 0 aliphatic carbocycles. The molecule has 182 valence electrons. The average Bonchev–Trinajstić information content (AvgIpc) is 3.19. The molecular weight excluding hydrogens is 453 g/mol. The quantitative estimate of drug-likeness (QED) is 0.629. The Kier molecular flexibility index (Phi) is 5.97. The summed E-state index contributed by atoms with van der Waals surface area (Å²) in [6, 6.07) is 7.51. The summed E-state index contributed by atoms with van der Waals surface area (Å²) in [6.07, 6.45) is -4.52. The van der Waals surface area contributed by atoms with E-state index in [1.54, 1.807) is 6.07 Å². The van der Waals surface area contributed by atoms with Crippen LogP contribution in [0.2, 0.25) is 0 Å². The minimum absolute atomic E-state index is 0.0157. The van der Waals surface area contributed by atoms with Gasteiger partial charge in [0.1, 0.15) is 11.5 Å². The van der Waals surface area contributed by atoms with Gasteiger partial charge in [0.25, 0.3) is 5.91 Å². The van der Waals surface area contributed by atoms with Crippen LogP contribution in [0.4, 0.5) is 13.2 Å². The maximum Gasteiger partial charge on any atom is 0.416 e. The molecular formula is C24H25F3N2O5. The number of methoxy groups -OCH3 is 3. The molecule has 1 saturated heterocycles. The first-order valence-corrected chi connectivity index (χ1v) is 10.6. The van der Waals surface area contributed by atoms with Crippen LogP contribution >= 0.6 is 0 Å². The lowest BCUT2D eigenvalue weighted by Gasteiger charge is -2.47. The highest BCUT2D eigenvalue weighted by molar-refractivity contribution is 5.99. The van der Waals surface area contributed by atoms with E-state index < -0.39 is 35.1 Å². The molecule has 1 amide bonds. The average molecular weight is 478 g/mol. The van der Waals surface area contributed by atoms with Crippen molar-refractivity contribution in [2.24, 2.45) is 0 Å². The Balaban J connectivity index is 1.88. The van der Waals surface area contributed by atoms with E-state index in [4.69, 9.17) is 14.2 Å². The van der Waals surface area contributed by atoms with Gasteiger partial charge < -0.3 is 24.0 Å². The normalized spacial score (nSPS) is 22.1. The third kappa shape index (κ3) is 3.66. The van der Waals surface area contributed by atoms with E-state index in [0.717, 1.165) is 29.8 Å². The predicted octanol–water partition coefficient (Wildman–Crippen LogP) is 3.32. The van der Waals surface area contributed by atoms with Crippen molar-refractivity contribution in [2.75, 3.05) is 41.5 Å². The molecule has 2 aliphatic heterocycles. The number of benzene rings is 2. The lowest BCUT2D eigenvalue weighted by molar-refractivity contribution is -0.155. The number of likely N-dealkylation sites (tertiary alicyclic amines) is 1. The molecule has 2 atom stereocenters. The van der Waals surface area contributed by atoms with Crippen LogP contribution in [0.15, 0.2) is 36.4 Å². The Morgan fingerprint density at radius 1 is 1.06 bits per heavy atom. The van der Waals surface area contributed by atoms with E-state index in [1.807, 2.05) is 18.0 Å². The highest BCUT2D eigenvalue weighted by atomic mass is 19.4. The number of alkyl halides is 3. The second-order valence-electron chi connectivity index (χ2n) is 8.53. The Bertz CT molecular complexity index is 1120. The third-order valence-corrected chi connectivity index (χ3v) is 6.67. The van der Waals surface area contributed by atoms with Gasteiger partial charge >= 0.3 is 12.1 Å². The molecule has 0 bridgehead atoms. The molecule has 10 heteroatoms. The first-order valence-electron chi connectivity index (χ1n) is 10.6. The smallest absolute Gasteiger partial charge is 0.416 e. The molecule has 2 aliphatic rings. The number of ether oxygens (including phenoxy) is 3. The Labute approximate surface area is 195 Å². The summed E-state index contributed by atoms with van der Waals surface area (Å²) in [5.41, 5.74) is -0.664. The molecule has 0 radical (unpaired) electrons. The van der Waals surface area contributed by atoms with E-state index >= 15 is 0 Å². The van der Waals surface area contributed by atoms with E-state index in [2.05, 4.69) is 0 Å². The van der Waals surface area contributed by atoms with Crippen LogP contribution in [0.3, 0.4) is 0 Å². The second-order valence-corrected chi connectivity index (χ2v) is 8.53. The first kappa shape index (κ1) is 23.9. The van der Waals surface area contributed by atoms with Crippen molar-refractivity contribution < 1.29 is 37.0 Å². The number of fused-ring (bicyclic) bond motifs is 3. The molecule has 0 N–H and O–H groups in total. The van der Waals surface area contributed by atoms with E-state index in [9.17, 15) is 22.8 Å². The maximum atomic E-state index is 13.7. The standard InChI is InChI=1S/C24H25F3N2O5/c1-28-12-19-17-9-16(32-2)10-20(33-3)18(17)11-29(23(19,13-28)22(31)34-4)21(30)14-5-7-15(8-6-14)24(25,26)27/h5-10,19H,11-13H2,1-4H3/t19-,23-/m0/s1. The van der Waals surface area contributed by atoms with Crippen LogP contribution in [-0.2, 0) is 22.3 Å². The van der Waals surface area contributed by atoms with Crippen LogP contribution < -0.4 is 9.47 Å². The number of likely N-dealkylation sites (N-methyl/N-ethyl adjacent to an activating group) is 1. The van der Waals surface area contributed by atoms with Gasteiger partial charge in [-0.3, -0.25) is 4.79 Å². The van der Waals surface area contributed by atoms with E-state index in [0.29, 0.717) is 23.6 Å². The minimum atomic E-state index is -4.52. The van der Waals surface area contributed by atoms with Gasteiger partial charge in [-0.2, -0.15) is 13.2 Å². The Hall–Kier alpha value is -3.27. The van der Waals surface area contributed by atoms with Crippen LogP contribution in [-0.4, -0.2) is 68.7 Å². The van der Waals surface area contributed by atoms with Crippen LogP contribution in [0, 0.1) is 0 Å². The number of amides is 1. The molecule has 2 heterocycles. The van der Waals surface area contributed by atoms with E-state index in [-0.39, 0.29) is 18.7 Å². The minimum Gasteiger partial charge on any atom is -0.497 e. The number of rotatable bonds is 4. The zero-order chi connectivity index (χ0) is 24.8. The summed E-state index contributed by atoms with van der Waals surface area (Å²) < 4.78 is 55.3. The highest BCUT2D eigenvalue weighted by Crippen LogP contribution is 2.50. The third-order valence-electron chi connectivity index (χ3n) is 6.67. The van der Waals surface area contributed by atoms with Crippen LogP contribution in [0.25, 0.3) is 0 Å². The summed E-state index contributed by atoms with van der Waals surface area (Å²) in [7, 11) is 6.12. The SMILES string of the molecule is COC(=O)[C@]12CN(C)C[C@H]1c1cc(OC)cc(OC)c1CN2C(=O)c1ccc(C(F)(F)F)cc1. The zero-order valence-electron chi connectivity index (χ0n) is 19.2. The lowest BCUT2D eigenvalue weighted by atomic mass is 9.74. The summed E-state index contributed by atoms with van der Waals surface area (Å²) in [4.78, 5) is 30.4. The van der Waals surface area contributed by atoms with Crippen molar-refractivity contribution in [1.29, 1.82) is 0 Å². The van der Waals surface area contributed by atoms with Crippen molar-refractivity contribution in [3.05, 3.63) is 58.7 Å². The molecule has 1 fully saturated rings. The van der Waals surface area contributed by atoms with Gasteiger partial charge in [0.15, 0.2) is 5.54 Å². The van der Waals surface area contributed by atoms with Gasteiger partial charge in [-0.1, -0.05) is 0 Å². The van der Waals surface area contributed by atoms with Crippen molar-refractivity contribution in [2.45, 2.75) is 24.2 Å². The number of hydrogen-bond donors (Lipinski definition) is 0. The summed E-state index contributed by atoms with van der Waals surface area (Å²) in [5, 5.41) is 0. The molecule has 0 saturated carbocycles. The highest BCUT2D eigenvalue weighted by Gasteiger charge is 2.61. The van der Waals surface area contributed by atoms with Gasteiger partial charge in [0.2, 0.25) is 0 Å². The van der Waals surface area contributed by atoms with Crippen molar-refractivity contribution in [3.63, 3.8) is 0 Å². The van der Waals surface area contributed by atoms with Crippen molar-refractivity contribution in [1.82, 2.24) is 9.80 Å². The number of carbonyl (C=O) groups excluding carboxylic acids is 2. The number of hydrogen-bond acceptors (Lipinski definition) is 6. The number of esters is 1. The molecule has 7 nitrogen and oxygen atoms in total. The first-order chi connectivity index (χ1) is 16.1. The number of carbonyl (C=O) groups is 2. The molecule has 34 heavy (non-hydrogen) atoms. The molecule has 2 aromatic rings. The summed E-state index contributed by atoms with van der Waals surface area (Å²) >= 11 is 0. The predicted molar refractivity (Wildman–Crippen MR) is 116 cm³/mol. The maximum absolute atomic E-state index is 13.7. The lowest BCUT2D eigenvalue weighted by Crippen LogP contribution is -2.63. The van der Waals surface area contributed by atoms with Gasteiger partial charge in [-0.25, -0.2) is 4.79 Å². The van der Waals surface area contributed by atoms with Gasteiger partial charge in [0, 0.05) is 36.2 Å². The fourth-order valence-electron chi connectivity index (χ4n) is 5.10. The van der Waals surface area contributed by atoms with Gasteiger partial charge in [-0.15, -0.1) is 0 Å². The molecule has 4 rings (SSSR count). The zero-order valence-corrected chi connectivity index (χ0v) is 19.2. The monoisotopic (exact) mass is 478 g/mol. The summed E-state index contributed by atoms with van der Waals surface area (Å²) in [5.74, 6) is -0.576. The van der Waals surface area contributed by atoms with Crippen molar-refractivity contribution in [3.8, 4) is 11.5 Å². The summed E-state index contributed by atoms with van der Waals surface area (Å²) in [6.45, 7) is 0.673. The van der Waals surface area contributed by atoms with Crippen LogP contribution in [0.5, 0.6) is 11.5 Å². The van der Waals surface area contributed by atoms with Gasteiger partial charge in [0.05, 0.1) is 33.4 Å². The Morgan fingerprint density at radius 2 is 1.74 bits per heavy atom.